The van der Waals surface area contributed by atoms with Gasteiger partial charge in [-0.2, -0.15) is 5.10 Å². The SMILES string of the molecule is COc1ccc(OCCOC(=O)/C=C/c2c(C)nn(C)c2C)cc1. The largest absolute Gasteiger partial charge is 0.497 e. The molecule has 0 aliphatic carbocycles. The van der Waals surface area contributed by atoms with Crippen LogP contribution in [0, 0.1) is 13.8 Å². The highest BCUT2D eigenvalue weighted by atomic mass is 16.6. The van der Waals surface area contributed by atoms with E-state index in [4.69, 9.17) is 14.2 Å². The third kappa shape index (κ3) is 4.62. The molecule has 1 aromatic carbocycles. The molecule has 0 amide bonds. The molecular weight excluding hydrogens is 308 g/mol. The molecule has 0 aliphatic rings. The molecule has 6 heteroatoms. The van der Waals surface area contributed by atoms with Gasteiger partial charge >= 0.3 is 5.97 Å². The topological polar surface area (TPSA) is 62.6 Å². The minimum absolute atomic E-state index is 0.181. The van der Waals surface area contributed by atoms with Crippen molar-refractivity contribution in [1.29, 1.82) is 0 Å². The Kier molecular flexibility index (Phi) is 6.01. The molecule has 0 bridgehead atoms. The van der Waals surface area contributed by atoms with Crippen LogP contribution in [-0.2, 0) is 16.6 Å². The number of esters is 1. The summed E-state index contributed by atoms with van der Waals surface area (Å²) in [6.45, 7) is 4.32. The van der Waals surface area contributed by atoms with Crippen LogP contribution >= 0.6 is 0 Å². The minimum Gasteiger partial charge on any atom is -0.497 e. The minimum atomic E-state index is -0.406. The fourth-order valence-electron chi connectivity index (χ4n) is 2.20. The van der Waals surface area contributed by atoms with Crippen LogP contribution in [0.5, 0.6) is 11.5 Å². The van der Waals surface area contributed by atoms with Gasteiger partial charge in [0.15, 0.2) is 0 Å². The summed E-state index contributed by atoms with van der Waals surface area (Å²) in [6.07, 6.45) is 3.13. The Labute approximate surface area is 141 Å². The van der Waals surface area contributed by atoms with Crippen molar-refractivity contribution in [2.45, 2.75) is 13.8 Å². The van der Waals surface area contributed by atoms with Crippen LogP contribution in [0.1, 0.15) is 17.0 Å². The summed E-state index contributed by atoms with van der Waals surface area (Å²) in [6, 6.07) is 7.22. The number of carbonyl (C=O) groups excluding carboxylic acids is 1. The van der Waals surface area contributed by atoms with Crippen molar-refractivity contribution in [2.24, 2.45) is 7.05 Å². The van der Waals surface area contributed by atoms with E-state index in [1.165, 1.54) is 6.08 Å². The van der Waals surface area contributed by atoms with E-state index >= 15 is 0 Å². The number of hydrogen-bond donors (Lipinski definition) is 0. The van der Waals surface area contributed by atoms with Crippen LogP contribution in [0.25, 0.3) is 6.08 Å². The van der Waals surface area contributed by atoms with Gasteiger partial charge in [-0.1, -0.05) is 0 Å². The summed E-state index contributed by atoms with van der Waals surface area (Å²) < 4.78 is 17.5. The average Bonchev–Trinajstić information content (AvgIpc) is 2.82. The Balaban J connectivity index is 1.75. The molecule has 128 valence electrons. The molecule has 2 aromatic rings. The second kappa shape index (κ2) is 8.19. The molecule has 1 aromatic heterocycles. The van der Waals surface area contributed by atoms with Crippen molar-refractivity contribution in [3.05, 3.63) is 47.3 Å². The van der Waals surface area contributed by atoms with Gasteiger partial charge in [-0.05, 0) is 44.2 Å². The third-order valence-corrected chi connectivity index (χ3v) is 3.61. The zero-order valence-corrected chi connectivity index (χ0v) is 14.4. The van der Waals surface area contributed by atoms with E-state index in [9.17, 15) is 4.79 Å². The predicted molar refractivity (Wildman–Crippen MR) is 91.2 cm³/mol. The molecule has 0 saturated carbocycles. The quantitative estimate of drug-likeness (QED) is 0.444. The fraction of sp³-hybridized carbons (Fsp3) is 0.333. The number of aryl methyl sites for hydroxylation is 2. The van der Waals surface area contributed by atoms with Gasteiger partial charge in [-0.25, -0.2) is 4.79 Å². The van der Waals surface area contributed by atoms with Gasteiger partial charge in [0.25, 0.3) is 0 Å². The van der Waals surface area contributed by atoms with E-state index in [1.54, 1.807) is 30.0 Å². The summed E-state index contributed by atoms with van der Waals surface area (Å²) in [4.78, 5) is 11.7. The number of ether oxygens (including phenoxy) is 3. The van der Waals surface area contributed by atoms with Crippen LogP contribution < -0.4 is 9.47 Å². The molecule has 0 fully saturated rings. The van der Waals surface area contributed by atoms with Gasteiger partial charge in [-0.15, -0.1) is 0 Å². The lowest BCUT2D eigenvalue weighted by Gasteiger charge is -2.07. The molecule has 0 saturated heterocycles. The highest BCUT2D eigenvalue weighted by Crippen LogP contribution is 2.17. The first-order valence-corrected chi connectivity index (χ1v) is 7.63. The first-order chi connectivity index (χ1) is 11.5. The molecule has 1 heterocycles. The molecule has 0 N–H and O–H groups in total. The van der Waals surface area contributed by atoms with E-state index in [2.05, 4.69) is 5.10 Å². The summed E-state index contributed by atoms with van der Waals surface area (Å²) in [5.74, 6) is 1.06. The number of aromatic nitrogens is 2. The van der Waals surface area contributed by atoms with Gasteiger partial charge < -0.3 is 14.2 Å². The van der Waals surface area contributed by atoms with Gasteiger partial charge in [-0.3, -0.25) is 4.68 Å². The lowest BCUT2D eigenvalue weighted by Crippen LogP contribution is -2.10. The van der Waals surface area contributed by atoms with Gasteiger partial charge in [0.1, 0.15) is 24.7 Å². The van der Waals surface area contributed by atoms with Crippen LogP contribution in [-0.4, -0.2) is 36.1 Å². The van der Waals surface area contributed by atoms with E-state index in [0.717, 1.165) is 22.7 Å². The van der Waals surface area contributed by atoms with E-state index < -0.39 is 5.97 Å². The zero-order chi connectivity index (χ0) is 17.5. The number of methoxy groups -OCH3 is 1. The van der Waals surface area contributed by atoms with E-state index in [0.29, 0.717) is 5.75 Å². The van der Waals surface area contributed by atoms with Gasteiger partial charge in [0, 0.05) is 24.4 Å². The van der Waals surface area contributed by atoms with Crippen molar-refractivity contribution in [3.63, 3.8) is 0 Å². The number of nitrogens with zero attached hydrogens (tertiary/aromatic N) is 2. The smallest absolute Gasteiger partial charge is 0.330 e. The van der Waals surface area contributed by atoms with E-state index in [1.807, 2.05) is 33.0 Å². The maximum atomic E-state index is 11.7. The lowest BCUT2D eigenvalue weighted by molar-refractivity contribution is -0.138. The van der Waals surface area contributed by atoms with Gasteiger partial charge in [0.2, 0.25) is 0 Å². The summed E-state index contributed by atoms with van der Waals surface area (Å²) in [7, 11) is 3.48. The van der Waals surface area contributed by atoms with E-state index in [-0.39, 0.29) is 13.2 Å². The predicted octanol–water partition coefficient (Wildman–Crippen LogP) is 2.68. The maximum absolute atomic E-state index is 11.7. The molecule has 0 atom stereocenters. The second-order valence-corrected chi connectivity index (χ2v) is 5.23. The van der Waals surface area contributed by atoms with Crippen LogP contribution in [0.4, 0.5) is 0 Å². The highest BCUT2D eigenvalue weighted by molar-refractivity contribution is 5.87. The van der Waals surface area contributed by atoms with Crippen molar-refractivity contribution in [1.82, 2.24) is 9.78 Å². The number of benzene rings is 1. The Morgan fingerprint density at radius 3 is 2.42 bits per heavy atom. The molecule has 0 unspecified atom stereocenters. The molecule has 2 rings (SSSR count). The first kappa shape index (κ1) is 17.6. The Morgan fingerprint density at radius 1 is 1.17 bits per heavy atom. The Bertz CT molecular complexity index is 717. The summed E-state index contributed by atoms with van der Waals surface area (Å²) in [5.41, 5.74) is 2.81. The first-order valence-electron chi connectivity index (χ1n) is 7.63. The molecule has 6 nitrogen and oxygen atoms in total. The standard InChI is InChI=1S/C18H22N2O4/c1-13-17(14(2)20(3)19-13)9-10-18(21)24-12-11-23-16-7-5-15(22-4)6-8-16/h5-10H,11-12H2,1-4H3/b10-9+. The van der Waals surface area contributed by atoms with Crippen LogP contribution in [0.3, 0.4) is 0 Å². The highest BCUT2D eigenvalue weighted by Gasteiger charge is 2.06. The maximum Gasteiger partial charge on any atom is 0.330 e. The number of rotatable bonds is 7. The van der Waals surface area contributed by atoms with Crippen molar-refractivity contribution in [3.8, 4) is 11.5 Å². The third-order valence-electron chi connectivity index (χ3n) is 3.61. The summed E-state index contributed by atoms with van der Waals surface area (Å²) >= 11 is 0. The number of carbonyl (C=O) groups is 1. The monoisotopic (exact) mass is 330 g/mol. The normalized spacial score (nSPS) is 10.8. The molecular formula is C18H22N2O4. The van der Waals surface area contributed by atoms with Gasteiger partial charge in [0.05, 0.1) is 12.8 Å². The summed E-state index contributed by atoms with van der Waals surface area (Å²) in [5, 5.41) is 4.29. The molecule has 0 spiro atoms. The molecule has 0 aliphatic heterocycles. The van der Waals surface area contributed by atoms with Crippen molar-refractivity contribution in [2.75, 3.05) is 20.3 Å². The average molecular weight is 330 g/mol. The molecule has 0 radical (unpaired) electrons. The van der Waals surface area contributed by atoms with Crippen LogP contribution in [0.2, 0.25) is 0 Å². The van der Waals surface area contributed by atoms with Crippen molar-refractivity contribution < 1.29 is 19.0 Å². The Morgan fingerprint density at radius 2 is 1.83 bits per heavy atom. The second-order valence-electron chi connectivity index (χ2n) is 5.23. The Hall–Kier alpha value is -2.76. The van der Waals surface area contributed by atoms with Crippen LogP contribution in [0.15, 0.2) is 30.3 Å². The molecule has 24 heavy (non-hydrogen) atoms. The number of hydrogen-bond acceptors (Lipinski definition) is 5. The lowest BCUT2D eigenvalue weighted by atomic mass is 10.2. The zero-order valence-electron chi connectivity index (χ0n) is 14.4. The van der Waals surface area contributed by atoms with Crippen molar-refractivity contribution >= 4 is 12.0 Å². The fourth-order valence-corrected chi connectivity index (χ4v) is 2.20.